The Hall–Kier alpha value is 0.0500. The number of ether oxygens (including phenoxy) is 1. The smallest absolute Gasteiger partial charge is 0.244 e. The van der Waals surface area contributed by atoms with Gasteiger partial charge in [0.15, 0.2) is 0 Å². The van der Waals surface area contributed by atoms with Gasteiger partial charge in [-0.05, 0) is 47.5 Å². The van der Waals surface area contributed by atoms with E-state index in [1.807, 2.05) is 13.8 Å². The van der Waals surface area contributed by atoms with Gasteiger partial charge in [0, 0.05) is 21.5 Å². The van der Waals surface area contributed by atoms with Crippen molar-refractivity contribution in [2.45, 2.75) is 37.3 Å². The number of nitrogens with zero attached hydrogens (tertiary/aromatic N) is 1. The molecule has 0 bridgehead atoms. The average molecular weight is 427 g/mol. The number of halogens is 2. The number of morpholine rings is 1. The van der Waals surface area contributed by atoms with Crippen molar-refractivity contribution in [3.63, 3.8) is 0 Å². The lowest BCUT2D eigenvalue weighted by Crippen LogP contribution is -2.51. The van der Waals surface area contributed by atoms with Crippen molar-refractivity contribution in [1.29, 1.82) is 0 Å². The summed E-state index contributed by atoms with van der Waals surface area (Å²) in [6, 6.07) is 5.00. The molecule has 1 saturated heterocycles. The maximum atomic E-state index is 12.9. The summed E-state index contributed by atoms with van der Waals surface area (Å²) in [5, 5.41) is 0. The molecule has 0 saturated carbocycles. The van der Waals surface area contributed by atoms with Gasteiger partial charge in [-0.15, -0.1) is 0 Å². The maximum absolute atomic E-state index is 12.9. The summed E-state index contributed by atoms with van der Waals surface area (Å²) in [5.41, 5.74) is 0. The molecular formula is C13H17Br2NO3S. The minimum Gasteiger partial charge on any atom is -0.375 e. The Morgan fingerprint density at radius 2 is 2.10 bits per heavy atom. The molecule has 2 unspecified atom stereocenters. The molecule has 0 N–H and O–H groups in total. The van der Waals surface area contributed by atoms with Gasteiger partial charge in [0.1, 0.15) is 0 Å². The molecule has 1 aliphatic rings. The van der Waals surface area contributed by atoms with Crippen LogP contribution in [0.1, 0.15) is 20.3 Å². The van der Waals surface area contributed by atoms with E-state index in [9.17, 15) is 8.42 Å². The monoisotopic (exact) mass is 425 g/mol. The molecule has 0 aliphatic carbocycles. The lowest BCUT2D eigenvalue weighted by molar-refractivity contribution is -0.0230. The van der Waals surface area contributed by atoms with Crippen LogP contribution in [0.5, 0.6) is 0 Å². The van der Waals surface area contributed by atoms with Crippen molar-refractivity contribution in [3.05, 3.63) is 27.1 Å². The predicted molar refractivity (Wildman–Crippen MR) is 85.2 cm³/mol. The van der Waals surface area contributed by atoms with Crippen LogP contribution < -0.4 is 0 Å². The summed E-state index contributed by atoms with van der Waals surface area (Å²) < 4.78 is 34.3. The van der Waals surface area contributed by atoms with E-state index < -0.39 is 10.0 Å². The van der Waals surface area contributed by atoms with Gasteiger partial charge in [0.2, 0.25) is 10.0 Å². The number of benzene rings is 1. The fourth-order valence-corrected chi connectivity index (χ4v) is 5.71. The van der Waals surface area contributed by atoms with E-state index in [1.54, 1.807) is 22.5 Å². The number of hydrogen-bond acceptors (Lipinski definition) is 3. The first-order valence-corrected chi connectivity index (χ1v) is 9.47. The molecule has 0 radical (unpaired) electrons. The van der Waals surface area contributed by atoms with Gasteiger partial charge < -0.3 is 4.74 Å². The van der Waals surface area contributed by atoms with Gasteiger partial charge in [-0.3, -0.25) is 0 Å². The summed E-state index contributed by atoms with van der Waals surface area (Å²) in [6.07, 6.45) is 0.655. The van der Waals surface area contributed by atoms with Crippen LogP contribution in [0.3, 0.4) is 0 Å². The van der Waals surface area contributed by atoms with E-state index in [0.29, 0.717) is 22.5 Å². The second kappa shape index (κ2) is 6.44. The third-order valence-electron chi connectivity index (χ3n) is 3.37. The molecule has 1 fully saturated rings. The number of sulfonamides is 1. The predicted octanol–water partition coefficient (Wildman–Crippen LogP) is 3.40. The highest BCUT2D eigenvalue weighted by Gasteiger charge is 2.36. The zero-order valence-corrected chi connectivity index (χ0v) is 15.3. The Bertz CT molecular complexity index is 591. The molecule has 1 aromatic carbocycles. The fourth-order valence-electron chi connectivity index (χ4n) is 2.24. The Kier molecular flexibility index (Phi) is 5.29. The van der Waals surface area contributed by atoms with Crippen molar-refractivity contribution in [2.75, 3.05) is 13.2 Å². The third kappa shape index (κ3) is 3.27. The van der Waals surface area contributed by atoms with Crippen LogP contribution in [0.25, 0.3) is 0 Å². The third-order valence-corrected chi connectivity index (χ3v) is 6.76. The average Bonchev–Trinajstić information content (AvgIpc) is 2.38. The van der Waals surface area contributed by atoms with E-state index in [0.717, 1.165) is 10.9 Å². The Balaban J connectivity index is 2.42. The van der Waals surface area contributed by atoms with E-state index in [2.05, 4.69) is 31.9 Å². The molecule has 2 atom stereocenters. The summed E-state index contributed by atoms with van der Waals surface area (Å²) in [5.74, 6) is 0. The highest BCUT2D eigenvalue weighted by atomic mass is 79.9. The van der Waals surface area contributed by atoms with Crippen LogP contribution in [0, 0.1) is 0 Å². The van der Waals surface area contributed by atoms with Crippen molar-refractivity contribution in [3.8, 4) is 0 Å². The molecule has 2 rings (SSSR count). The molecule has 20 heavy (non-hydrogen) atoms. The SMILES string of the molecule is CCC1COC(C)CN1S(=O)(=O)c1ccc(Br)cc1Br. The summed E-state index contributed by atoms with van der Waals surface area (Å²) in [7, 11) is -3.52. The quantitative estimate of drug-likeness (QED) is 0.743. The van der Waals surface area contributed by atoms with Crippen molar-refractivity contribution >= 4 is 41.9 Å². The van der Waals surface area contributed by atoms with Crippen LogP contribution in [-0.4, -0.2) is 38.0 Å². The topological polar surface area (TPSA) is 46.6 Å². The van der Waals surface area contributed by atoms with Gasteiger partial charge in [-0.1, -0.05) is 22.9 Å². The molecular weight excluding hydrogens is 410 g/mol. The number of rotatable bonds is 3. The Labute approximate surface area is 136 Å². The Morgan fingerprint density at radius 1 is 1.40 bits per heavy atom. The molecule has 7 heteroatoms. The first-order chi connectivity index (χ1) is 9.36. The second-order valence-corrected chi connectivity index (χ2v) is 8.48. The molecule has 1 heterocycles. The fraction of sp³-hybridized carbons (Fsp3) is 0.538. The first kappa shape index (κ1) is 16.4. The minimum absolute atomic E-state index is 0.0817. The zero-order chi connectivity index (χ0) is 14.9. The lowest BCUT2D eigenvalue weighted by atomic mass is 10.2. The first-order valence-electron chi connectivity index (χ1n) is 6.44. The molecule has 4 nitrogen and oxygen atoms in total. The minimum atomic E-state index is -3.52. The van der Waals surface area contributed by atoms with Gasteiger partial charge in [0.05, 0.1) is 17.6 Å². The molecule has 0 spiro atoms. The molecule has 1 aliphatic heterocycles. The van der Waals surface area contributed by atoms with Gasteiger partial charge >= 0.3 is 0 Å². The highest BCUT2D eigenvalue weighted by molar-refractivity contribution is 9.11. The van der Waals surface area contributed by atoms with E-state index in [1.165, 1.54) is 0 Å². The van der Waals surface area contributed by atoms with Gasteiger partial charge in [-0.2, -0.15) is 4.31 Å². The van der Waals surface area contributed by atoms with Crippen LogP contribution in [-0.2, 0) is 14.8 Å². The summed E-state index contributed by atoms with van der Waals surface area (Å²) in [6.45, 7) is 4.71. The number of hydrogen-bond donors (Lipinski definition) is 0. The van der Waals surface area contributed by atoms with Crippen LogP contribution in [0.2, 0.25) is 0 Å². The van der Waals surface area contributed by atoms with Crippen molar-refractivity contribution in [1.82, 2.24) is 4.31 Å². The summed E-state index contributed by atoms with van der Waals surface area (Å²) in [4.78, 5) is 0.299. The molecule has 112 valence electrons. The van der Waals surface area contributed by atoms with Crippen molar-refractivity contribution < 1.29 is 13.2 Å². The normalized spacial score (nSPS) is 24.8. The second-order valence-electron chi connectivity index (χ2n) is 4.86. The van der Waals surface area contributed by atoms with Crippen LogP contribution >= 0.6 is 31.9 Å². The standard InChI is InChI=1S/C13H17Br2NO3S/c1-3-11-8-19-9(2)7-16(11)20(17,18)13-5-4-10(14)6-12(13)15/h4-6,9,11H,3,7-8H2,1-2H3. The summed E-state index contributed by atoms with van der Waals surface area (Å²) >= 11 is 6.68. The van der Waals surface area contributed by atoms with Crippen LogP contribution in [0.15, 0.2) is 32.0 Å². The highest BCUT2D eigenvalue weighted by Crippen LogP contribution is 2.31. The van der Waals surface area contributed by atoms with Gasteiger partial charge in [-0.25, -0.2) is 8.42 Å². The molecule has 0 aromatic heterocycles. The van der Waals surface area contributed by atoms with Crippen molar-refractivity contribution in [2.24, 2.45) is 0 Å². The van der Waals surface area contributed by atoms with Crippen LogP contribution in [0.4, 0.5) is 0 Å². The van der Waals surface area contributed by atoms with Gasteiger partial charge in [0.25, 0.3) is 0 Å². The van der Waals surface area contributed by atoms with E-state index >= 15 is 0 Å². The molecule has 1 aromatic rings. The van der Waals surface area contributed by atoms with E-state index in [4.69, 9.17) is 4.74 Å². The molecule has 0 amide bonds. The lowest BCUT2D eigenvalue weighted by Gasteiger charge is -2.37. The maximum Gasteiger partial charge on any atom is 0.244 e. The Morgan fingerprint density at radius 3 is 2.70 bits per heavy atom. The zero-order valence-electron chi connectivity index (χ0n) is 11.3. The largest absolute Gasteiger partial charge is 0.375 e. The van der Waals surface area contributed by atoms with E-state index in [-0.39, 0.29) is 12.1 Å².